The van der Waals surface area contributed by atoms with Crippen LogP contribution in [0.3, 0.4) is 0 Å². The summed E-state index contributed by atoms with van der Waals surface area (Å²) < 4.78 is 0. The van der Waals surface area contributed by atoms with Gasteiger partial charge in [0.05, 0.1) is 0 Å². The van der Waals surface area contributed by atoms with E-state index < -0.39 is 5.97 Å². The van der Waals surface area contributed by atoms with Crippen molar-refractivity contribution in [1.82, 2.24) is 0 Å². The first-order valence-corrected chi connectivity index (χ1v) is 5.50. The zero-order chi connectivity index (χ0) is 9.14. The van der Waals surface area contributed by atoms with Crippen LogP contribution in [0.5, 0.6) is 0 Å². The van der Waals surface area contributed by atoms with E-state index in [1.54, 1.807) is 11.8 Å². The molecular weight excluding hydrogens is 172 g/mol. The van der Waals surface area contributed by atoms with Crippen LogP contribution >= 0.6 is 11.8 Å². The normalized spacial score (nSPS) is 19.6. The molecule has 0 radical (unpaired) electrons. The van der Waals surface area contributed by atoms with Gasteiger partial charge in [0.1, 0.15) is 5.25 Å². The van der Waals surface area contributed by atoms with Gasteiger partial charge in [-0.25, -0.2) is 0 Å². The highest BCUT2D eigenvalue weighted by Crippen LogP contribution is 2.39. The lowest BCUT2D eigenvalue weighted by molar-refractivity contribution is -0.136. The summed E-state index contributed by atoms with van der Waals surface area (Å²) in [4.78, 5) is 10.8. The molecule has 1 aliphatic rings. The first kappa shape index (κ1) is 9.90. The van der Waals surface area contributed by atoms with Crippen LogP contribution in [-0.4, -0.2) is 22.1 Å². The highest BCUT2D eigenvalue weighted by molar-refractivity contribution is 8.00. The molecule has 0 spiro atoms. The summed E-state index contributed by atoms with van der Waals surface area (Å²) in [6.45, 7) is 4.25. The third-order valence-electron chi connectivity index (χ3n) is 1.90. The van der Waals surface area contributed by atoms with Gasteiger partial charge in [0.2, 0.25) is 0 Å². The van der Waals surface area contributed by atoms with Crippen molar-refractivity contribution in [2.24, 2.45) is 11.8 Å². The average molecular weight is 188 g/mol. The molecule has 0 saturated heterocycles. The van der Waals surface area contributed by atoms with E-state index in [1.807, 2.05) is 0 Å². The molecule has 0 amide bonds. The van der Waals surface area contributed by atoms with Crippen molar-refractivity contribution >= 4 is 17.7 Å². The van der Waals surface area contributed by atoms with Crippen LogP contribution in [0.1, 0.15) is 26.7 Å². The van der Waals surface area contributed by atoms with Gasteiger partial charge >= 0.3 is 5.97 Å². The van der Waals surface area contributed by atoms with Gasteiger partial charge in [-0.1, -0.05) is 13.8 Å². The van der Waals surface area contributed by atoms with Gasteiger partial charge in [0, 0.05) is 0 Å². The van der Waals surface area contributed by atoms with E-state index in [4.69, 9.17) is 5.11 Å². The topological polar surface area (TPSA) is 37.3 Å². The fourth-order valence-corrected chi connectivity index (χ4v) is 2.38. The fourth-order valence-electron chi connectivity index (χ4n) is 1.10. The molecule has 0 aromatic heterocycles. The van der Waals surface area contributed by atoms with E-state index >= 15 is 0 Å². The largest absolute Gasteiger partial charge is 0.480 e. The Hall–Kier alpha value is -0.180. The molecule has 0 aliphatic heterocycles. The lowest BCUT2D eigenvalue weighted by atomic mass is 10.3. The SMILES string of the molecule is CC(C)CSC(C(=O)O)C1CC1. The summed E-state index contributed by atoms with van der Waals surface area (Å²) in [6, 6.07) is 0. The van der Waals surface area contributed by atoms with Crippen molar-refractivity contribution in [1.29, 1.82) is 0 Å². The third-order valence-corrected chi connectivity index (χ3v) is 3.71. The minimum atomic E-state index is -0.622. The molecule has 1 aliphatic carbocycles. The molecule has 2 nitrogen and oxygen atoms in total. The quantitative estimate of drug-likeness (QED) is 0.719. The molecule has 3 heteroatoms. The number of carboxylic acid groups (broad SMARTS) is 1. The molecule has 1 atom stereocenters. The second-order valence-electron chi connectivity index (χ2n) is 3.82. The van der Waals surface area contributed by atoms with E-state index in [1.165, 1.54) is 0 Å². The predicted molar refractivity (Wildman–Crippen MR) is 51.4 cm³/mol. The number of carboxylic acids is 1. The molecule has 1 unspecified atom stereocenters. The molecule has 70 valence electrons. The van der Waals surface area contributed by atoms with Crippen molar-refractivity contribution in [3.05, 3.63) is 0 Å². The number of thioether (sulfide) groups is 1. The Morgan fingerprint density at radius 2 is 2.17 bits per heavy atom. The minimum Gasteiger partial charge on any atom is -0.480 e. The number of hydrogen-bond donors (Lipinski definition) is 1. The van der Waals surface area contributed by atoms with Gasteiger partial charge in [-0.15, -0.1) is 11.8 Å². The van der Waals surface area contributed by atoms with Crippen LogP contribution in [0.25, 0.3) is 0 Å². The number of hydrogen-bond acceptors (Lipinski definition) is 2. The van der Waals surface area contributed by atoms with E-state index in [9.17, 15) is 4.79 Å². The molecular formula is C9H16O2S. The van der Waals surface area contributed by atoms with E-state index in [-0.39, 0.29) is 5.25 Å². The van der Waals surface area contributed by atoms with Crippen LogP contribution in [-0.2, 0) is 4.79 Å². The summed E-state index contributed by atoms with van der Waals surface area (Å²) >= 11 is 1.61. The van der Waals surface area contributed by atoms with Crippen molar-refractivity contribution in [3.8, 4) is 0 Å². The van der Waals surface area contributed by atoms with Crippen molar-refractivity contribution in [2.75, 3.05) is 5.75 Å². The Morgan fingerprint density at radius 1 is 1.58 bits per heavy atom. The summed E-state index contributed by atoms with van der Waals surface area (Å²) in [5.41, 5.74) is 0. The minimum absolute atomic E-state index is 0.132. The fraction of sp³-hybridized carbons (Fsp3) is 0.889. The van der Waals surface area contributed by atoms with Crippen LogP contribution in [0.2, 0.25) is 0 Å². The van der Waals surface area contributed by atoms with Crippen LogP contribution < -0.4 is 0 Å². The smallest absolute Gasteiger partial charge is 0.316 e. The van der Waals surface area contributed by atoms with Gasteiger partial charge in [-0.2, -0.15) is 0 Å². The number of aliphatic carboxylic acids is 1. The third kappa shape index (κ3) is 3.05. The maximum atomic E-state index is 10.8. The molecule has 12 heavy (non-hydrogen) atoms. The second kappa shape index (κ2) is 4.17. The average Bonchev–Trinajstić information content (AvgIpc) is 2.69. The number of rotatable bonds is 5. The van der Waals surface area contributed by atoms with Gasteiger partial charge in [-0.05, 0) is 30.4 Å². The van der Waals surface area contributed by atoms with E-state index in [2.05, 4.69) is 13.8 Å². The maximum Gasteiger partial charge on any atom is 0.316 e. The summed E-state index contributed by atoms with van der Waals surface area (Å²) in [5.74, 6) is 1.40. The predicted octanol–water partition coefficient (Wildman–Crippen LogP) is 2.24. The zero-order valence-electron chi connectivity index (χ0n) is 7.62. The number of carbonyl (C=O) groups is 1. The molecule has 1 fully saturated rings. The van der Waals surface area contributed by atoms with Crippen molar-refractivity contribution in [2.45, 2.75) is 31.9 Å². The lowest BCUT2D eigenvalue weighted by Gasteiger charge is -2.11. The van der Waals surface area contributed by atoms with Gasteiger partial charge in [0.25, 0.3) is 0 Å². The first-order chi connectivity index (χ1) is 5.61. The molecule has 1 saturated carbocycles. The Bertz CT molecular complexity index is 164. The second-order valence-corrected chi connectivity index (χ2v) is 5.00. The summed E-state index contributed by atoms with van der Waals surface area (Å²) in [5, 5.41) is 8.74. The van der Waals surface area contributed by atoms with E-state index in [0.717, 1.165) is 18.6 Å². The van der Waals surface area contributed by atoms with E-state index in [0.29, 0.717) is 11.8 Å². The standard InChI is InChI=1S/C9H16O2S/c1-6(2)5-12-8(9(10)11)7-3-4-7/h6-8H,3-5H2,1-2H3,(H,10,11). The summed E-state index contributed by atoms with van der Waals surface area (Å²) in [6.07, 6.45) is 2.23. The summed E-state index contributed by atoms with van der Waals surface area (Å²) in [7, 11) is 0. The van der Waals surface area contributed by atoms with Crippen LogP contribution in [0, 0.1) is 11.8 Å². The molecule has 0 aromatic rings. The zero-order valence-corrected chi connectivity index (χ0v) is 8.43. The molecule has 0 heterocycles. The maximum absolute atomic E-state index is 10.8. The first-order valence-electron chi connectivity index (χ1n) is 4.45. The van der Waals surface area contributed by atoms with Crippen molar-refractivity contribution in [3.63, 3.8) is 0 Å². The van der Waals surface area contributed by atoms with Gasteiger partial charge in [-0.3, -0.25) is 4.79 Å². The Labute approximate surface area is 77.7 Å². The van der Waals surface area contributed by atoms with Gasteiger partial charge < -0.3 is 5.11 Å². The molecule has 0 bridgehead atoms. The van der Waals surface area contributed by atoms with Crippen LogP contribution in [0.4, 0.5) is 0 Å². The van der Waals surface area contributed by atoms with Gasteiger partial charge in [0.15, 0.2) is 0 Å². The Morgan fingerprint density at radius 3 is 2.50 bits per heavy atom. The Kier molecular flexibility index (Phi) is 3.44. The molecule has 0 aromatic carbocycles. The van der Waals surface area contributed by atoms with Crippen molar-refractivity contribution < 1.29 is 9.90 Å². The Balaban J connectivity index is 2.28. The molecule has 1 rings (SSSR count). The highest BCUT2D eigenvalue weighted by atomic mass is 32.2. The lowest BCUT2D eigenvalue weighted by Crippen LogP contribution is -2.19. The monoisotopic (exact) mass is 188 g/mol. The molecule has 1 N–H and O–H groups in total. The highest BCUT2D eigenvalue weighted by Gasteiger charge is 2.36. The van der Waals surface area contributed by atoms with Crippen LogP contribution in [0.15, 0.2) is 0 Å².